The Bertz CT molecular complexity index is 803. The quantitative estimate of drug-likeness (QED) is 0.561. The highest BCUT2D eigenvalue weighted by Crippen LogP contribution is 2.11. The summed E-state index contributed by atoms with van der Waals surface area (Å²) in [6, 6.07) is 27.0. The summed E-state index contributed by atoms with van der Waals surface area (Å²) >= 11 is 0. The summed E-state index contributed by atoms with van der Waals surface area (Å²) in [5, 5.41) is 3.50. The van der Waals surface area contributed by atoms with Gasteiger partial charge in [-0.3, -0.25) is 0 Å². The third kappa shape index (κ3) is 3.86. The topological polar surface area (TPSA) is 26.0 Å². The highest BCUT2D eigenvalue weighted by atomic mass is 15.0. The smallest absolute Gasteiger partial charge is 0.240 e. The Morgan fingerprint density at radius 1 is 0.739 bits per heavy atom. The molecule has 2 nitrogen and oxygen atoms in total. The molecular weight excluding hydrogens is 280 g/mol. The first-order chi connectivity index (χ1) is 11.2. The van der Waals surface area contributed by atoms with Gasteiger partial charge in [0.2, 0.25) is 0 Å². The summed E-state index contributed by atoms with van der Waals surface area (Å²) in [7, 11) is 0. The van der Waals surface area contributed by atoms with Crippen molar-refractivity contribution in [2.45, 2.75) is 13.8 Å². The summed E-state index contributed by atoms with van der Waals surface area (Å²) in [4.78, 5) is 3.53. The molecule has 0 saturated carbocycles. The van der Waals surface area contributed by atoms with E-state index in [0.29, 0.717) is 0 Å². The predicted molar refractivity (Wildman–Crippen MR) is 97.2 cm³/mol. The average Bonchev–Trinajstić information content (AvgIpc) is 2.59. The summed E-state index contributed by atoms with van der Waals surface area (Å²) in [6.07, 6.45) is 0. The van der Waals surface area contributed by atoms with Gasteiger partial charge in [0, 0.05) is 0 Å². The lowest BCUT2D eigenvalue weighted by Crippen LogP contribution is -2.69. The van der Waals surface area contributed by atoms with E-state index >= 15 is 0 Å². The fourth-order valence-electron chi connectivity index (χ4n) is 2.41. The average molecular weight is 301 g/mol. The van der Waals surface area contributed by atoms with E-state index in [2.05, 4.69) is 78.8 Å². The van der Waals surface area contributed by atoms with Gasteiger partial charge >= 0.3 is 0 Å². The van der Waals surface area contributed by atoms with Crippen molar-refractivity contribution in [3.05, 3.63) is 95.6 Å². The monoisotopic (exact) mass is 301 g/mol. The Kier molecular flexibility index (Phi) is 4.53. The van der Waals surface area contributed by atoms with Crippen LogP contribution in [0.2, 0.25) is 0 Å². The van der Waals surface area contributed by atoms with Gasteiger partial charge in [-0.15, -0.1) is 0 Å². The molecule has 3 aromatic rings. The number of para-hydroxylation sites is 1. The molecule has 0 aromatic heterocycles. The zero-order valence-electron chi connectivity index (χ0n) is 13.5. The second-order valence-electron chi connectivity index (χ2n) is 5.67. The second kappa shape index (κ2) is 6.93. The van der Waals surface area contributed by atoms with Crippen LogP contribution in [-0.4, -0.2) is 5.84 Å². The zero-order valence-corrected chi connectivity index (χ0v) is 13.5. The van der Waals surface area contributed by atoms with Crippen molar-refractivity contribution in [3.63, 3.8) is 0 Å². The molecule has 0 spiro atoms. The van der Waals surface area contributed by atoms with Crippen molar-refractivity contribution in [1.29, 1.82) is 0 Å². The van der Waals surface area contributed by atoms with Crippen LogP contribution in [0.1, 0.15) is 16.7 Å². The molecule has 0 aliphatic heterocycles. The summed E-state index contributed by atoms with van der Waals surface area (Å²) in [6.45, 7) is 4.20. The number of amidine groups is 1. The van der Waals surface area contributed by atoms with Crippen molar-refractivity contribution < 1.29 is 4.99 Å². The van der Waals surface area contributed by atoms with E-state index in [4.69, 9.17) is 0 Å². The van der Waals surface area contributed by atoms with Crippen LogP contribution < -0.4 is 10.3 Å². The van der Waals surface area contributed by atoms with E-state index in [1.165, 1.54) is 11.1 Å². The number of aryl methyl sites for hydroxylation is 2. The fourth-order valence-corrected chi connectivity index (χ4v) is 2.41. The Balaban J connectivity index is 2.00. The maximum atomic E-state index is 3.53. The Labute approximate surface area is 137 Å². The molecule has 0 aliphatic rings. The fraction of sp³-hybridized carbons (Fsp3) is 0.0952. The van der Waals surface area contributed by atoms with Gasteiger partial charge < -0.3 is 0 Å². The lowest BCUT2D eigenvalue weighted by molar-refractivity contribution is -0.353. The van der Waals surface area contributed by atoms with Gasteiger partial charge in [-0.05, 0) is 49.7 Å². The molecule has 0 bridgehead atoms. The SMILES string of the molecule is Cc1ccc(NC(=[NH+]c2ccccc2C)c2ccccc2)cc1. The van der Waals surface area contributed by atoms with Gasteiger partial charge in [-0.25, -0.2) is 10.3 Å². The van der Waals surface area contributed by atoms with E-state index in [1.54, 1.807) is 0 Å². The van der Waals surface area contributed by atoms with Crippen LogP contribution in [0.25, 0.3) is 0 Å². The van der Waals surface area contributed by atoms with Gasteiger partial charge in [-0.2, -0.15) is 0 Å². The molecule has 2 heteroatoms. The number of benzene rings is 3. The minimum atomic E-state index is 0.976. The standard InChI is InChI=1S/C21H20N2/c1-16-12-14-19(15-13-16)22-21(18-9-4-3-5-10-18)23-20-11-7-6-8-17(20)2/h3-15H,1-2H3,(H,22,23)/p+1. The molecule has 23 heavy (non-hydrogen) atoms. The normalized spacial score (nSPS) is 11.3. The maximum Gasteiger partial charge on any atom is 0.285 e. The molecular formula is C21H21N2+. The highest BCUT2D eigenvalue weighted by Gasteiger charge is 2.12. The van der Waals surface area contributed by atoms with Crippen molar-refractivity contribution in [1.82, 2.24) is 0 Å². The van der Waals surface area contributed by atoms with Crippen molar-refractivity contribution in [2.24, 2.45) is 0 Å². The lowest BCUT2D eigenvalue weighted by Gasteiger charge is -2.05. The third-order valence-electron chi connectivity index (χ3n) is 3.79. The number of rotatable bonds is 3. The zero-order chi connectivity index (χ0) is 16.1. The molecule has 0 amide bonds. The van der Waals surface area contributed by atoms with Gasteiger partial charge in [0.1, 0.15) is 11.4 Å². The van der Waals surface area contributed by atoms with E-state index in [1.807, 2.05) is 24.3 Å². The number of hydrogen-bond donors (Lipinski definition) is 2. The molecule has 0 unspecified atom stereocenters. The second-order valence-corrected chi connectivity index (χ2v) is 5.67. The van der Waals surface area contributed by atoms with Crippen LogP contribution in [0.5, 0.6) is 0 Å². The van der Waals surface area contributed by atoms with Gasteiger partial charge in [-0.1, -0.05) is 54.1 Å². The lowest BCUT2D eigenvalue weighted by atomic mass is 10.1. The largest absolute Gasteiger partial charge is 0.285 e. The summed E-state index contributed by atoms with van der Waals surface area (Å²) < 4.78 is 0. The van der Waals surface area contributed by atoms with Crippen molar-refractivity contribution in [3.8, 4) is 0 Å². The van der Waals surface area contributed by atoms with E-state index in [9.17, 15) is 0 Å². The Hall–Kier alpha value is -2.87. The third-order valence-corrected chi connectivity index (χ3v) is 3.79. The Morgan fingerprint density at radius 2 is 1.39 bits per heavy atom. The number of anilines is 1. The molecule has 0 atom stereocenters. The minimum Gasteiger partial charge on any atom is -0.240 e. The van der Waals surface area contributed by atoms with Crippen LogP contribution in [0.3, 0.4) is 0 Å². The van der Waals surface area contributed by atoms with E-state index in [0.717, 1.165) is 22.8 Å². The van der Waals surface area contributed by atoms with Crippen LogP contribution in [-0.2, 0) is 0 Å². The highest BCUT2D eigenvalue weighted by molar-refractivity contribution is 6.04. The first-order valence-corrected chi connectivity index (χ1v) is 7.81. The molecule has 0 aliphatic carbocycles. The molecule has 2 N–H and O–H groups in total. The van der Waals surface area contributed by atoms with E-state index in [-0.39, 0.29) is 0 Å². The molecule has 0 heterocycles. The molecule has 114 valence electrons. The Morgan fingerprint density at radius 3 is 2.09 bits per heavy atom. The number of nitrogens with one attached hydrogen (secondary N) is 2. The maximum absolute atomic E-state index is 3.53. The molecule has 0 fully saturated rings. The summed E-state index contributed by atoms with van der Waals surface area (Å²) in [5.74, 6) is 0.976. The molecule has 0 saturated heterocycles. The van der Waals surface area contributed by atoms with Crippen LogP contribution >= 0.6 is 0 Å². The van der Waals surface area contributed by atoms with Crippen molar-refractivity contribution in [2.75, 3.05) is 5.32 Å². The molecule has 3 aromatic carbocycles. The first-order valence-electron chi connectivity index (χ1n) is 7.81. The molecule has 3 rings (SSSR count). The van der Waals surface area contributed by atoms with Gasteiger partial charge in [0.05, 0.1) is 5.56 Å². The van der Waals surface area contributed by atoms with E-state index < -0.39 is 0 Å². The number of hydrogen-bond acceptors (Lipinski definition) is 0. The van der Waals surface area contributed by atoms with Gasteiger partial charge in [0.15, 0.2) is 0 Å². The first kappa shape index (κ1) is 15.0. The molecule has 0 radical (unpaired) electrons. The van der Waals surface area contributed by atoms with Crippen LogP contribution in [0, 0.1) is 13.8 Å². The predicted octanol–water partition coefficient (Wildman–Crippen LogP) is 3.57. The van der Waals surface area contributed by atoms with Crippen LogP contribution in [0.15, 0.2) is 78.9 Å². The van der Waals surface area contributed by atoms with Crippen LogP contribution in [0.4, 0.5) is 11.4 Å². The minimum absolute atomic E-state index is 0.976. The van der Waals surface area contributed by atoms with Gasteiger partial charge in [0.25, 0.3) is 5.84 Å². The summed E-state index contributed by atoms with van der Waals surface area (Å²) in [5.41, 5.74) is 5.76. The van der Waals surface area contributed by atoms with Crippen molar-refractivity contribution >= 4 is 17.2 Å².